The summed E-state index contributed by atoms with van der Waals surface area (Å²) in [6.45, 7) is -2.09. The topological polar surface area (TPSA) is 248 Å². The lowest BCUT2D eigenvalue weighted by Gasteiger charge is -2.47. The second-order valence-electron chi connectivity index (χ2n) is 8.22. The van der Waals surface area contributed by atoms with Crippen molar-refractivity contribution in [2.75, 3.05) is 19.8 Å². The fourth-order valence-corrected chi connectivity index (χ4v) is 4.03. The van der Waals surface area contributed by atoms with Crippen LogP contribution in [0.15, 0.2) is 0 Å². The van der Waals surface area contributed by atoms with E-state index in [0.29, 0.717) is 0 Å². The van der Waals surface area contributed by atoms with E-state index in [-0.39, 0.29) is 6.42 Å². The van der Waals surface area contributed by atoms with Crippen LogP contribution in [0.3, 0.4) is 0 Å². The van der Waals surface area contributed by atoms with Gasteiger partial charge in [0, 0.05) is 6.42 Å². The van der Waals surface area contributed by atoms with Crippen molar-refractivity contribution in [2.45, 2.75) is 92.4 Å². The van der Waals surface area contributed by atoms with Crippen molar-refractivity contribution in [3.8, 4) is 0 Å². The molecule has 0 bridgehead atoms. The SMILES string of the molecule is OC[C@H]1O[C@H](O)[C@@H](O[C@H]2O[C@H](CO)[C@@H](O)[C@H](O[C@@H]3C[C@@H](O)[C@H](O)[C@@H](CO)O3)[C@@H]2O)[C@@H](O)[C@@H]1O. The Morgan fingerprint density at radius 3 is 1.76 bits per heavy atom. The van der Waals surface area contributed by atoms with E-state index in [2.05, 4.69) is 0 Å². The smallest absolute Gasteiger partial charge is 0.187 e. The van der Waals surface area contributed by atoms with Crippen molar-refractivity contribution in [2.24, 2.45) is 0 Å². The lowest BCUT2D eigenvalue weighted by Crippen LogP contribution is -2.65. The minimum absolute atomic E-state index is 0.271. The molecule has 3 saturated heterocycles. The molecule has 3 aliphatic heterocycles. The van der Waals surface area contributed by atoms with E-state index < -0.39 is 106 Å². The van der Waals surface area contributed by atoms with Crippen LogP contribution in [0.2, 0.25) is 0 Å². The highest BCUT2D eigenvalue weighted by Gasteiger charge is 2.52. The van der Waals surface area contributed by atoms with Gasteiger partial charge in [-0.15, -0.1) is 0 Å². The van der Waals surface area contributed by atoms with Crippen LogP contribution in [-0.4, -0.2) is 157 Å². The number of ether oxygens (including phenoxy) is 5. The van der Waals surface area contributed by atoms with Gasteiger partial charge in [0.15, 0.2) is 18.9 Å². The zero-order valence-corrected chi connectivity index (χ0v) is 17.4. The Hall–Kier alpha value is -0.600. The maximum atomic E-state index is 10.7. The lowest BCUT2D eigenvalue weighted by molar-refractivity contribution is -0.376. The van der Waals surface area contributed by atoms with E-state index in [1.165, 1.54) is 0 Å². The van der Waals surface area contributed by atoms with Crippen molar-refractivity contribution in [1.82, 2.24) is 0 Å². The van der Waals surface area contributed by atoms with Gasteiger partial charge in [-0.2, -0.15) is 0 Å². The van der Waals surface area contributed by atoms with Gasteiger partial charge < -0.3 is 74.7 Å². The summed E-state index contributed by atoms with van der Waals surface area (Å²) >= 11 is 0. The summed E-state index contributed by atoms with van der Waals surface area (Å²) in [5.41, 5.74) is 0. The number of hydrogen-bond donors (Lipinski definition) is 10. The van der Waals surface area contributed by atoms with E-state index in [1.807, 2.05) is 0 Å². The van der Waals surface area contributed by atoms with Crippen LogP contribution in [-0.2, 0) is 23.7 Å². The Morgan fingerprint density at radius 2 is 1.15 bits per heavy atom. The molecule has 0 aliphatic carbocycles. The first-order valence-corrected chi connectivity index (χ1v) is 10.5. The van der Waals surface area contributed by atoms with Gasteiger partial charge in [-0.1, -0.05) is 0 Å². The number of aliphatic hydroxyl groups excluding tert-OH is 10. The van der Waals surface area contributed by atoms with Crippen LogP contribution in [0.25, 0.3) is 0 Å². The lowest BCUT2D eigenvalue weighted by atomic mass is 9.96. The molecule has 3 aliphatic rings. The average Bonchev–Trinajstić information content (AvgIpc) is 2.80. The van der Waals surface area contributed by atoms with E-state index in [4.69, 9.17) is 28.8 Å². The molecule has 0 spiro atoms. The first kappa shape index (κ1) is 27.0. The van der Waals surface area contributed by atoms with Gasteiger partial charge in [0.1, 0.15) is 61.0 Å². The van der Waals surface area contributed by atoms with Gasteiger partial charge in [0.05, 0.1) is 25.9 Å². The highest BCUT2D eigenvalue weighted by Crippen LogP contribution is 2.31. The van der Waals surface area contributed by atoms with E-state index in [0.717, 1.165) is 0 Å². The summed E-state index contributed by atoms with van der Waals surface area (Å²) in [4.78, 5) is 0. The van der Waals surface area contributed by atoms with Crippen LogP contribution < -0.4 is 0 Å². The van der Waals surface area contributed by atoms with Crippen molar-refractivity contribution in [3.05, 3.63) is 0 Å². The standard InChI is InChI=1S/C18H32O15/c19-2-6-10(23)5(22)1-9(29-6)32-15-12(25)8(4-21)31-18(14(15)27)33-16-13(26)11(24)7(3-20)30-17(16)28/h5-28H,1-4H2/t5-,6-,7-,8-,9-,10+,11-,12-,13+,14+,15+,16+,17+,18-/m1/s1. The minimum Gasteiger partial charge on any atom is -0.394 e. The fraction of sp³-hybridized carbons (Fsp3) is 1.00. The first-order chi connectivity index (χ1) is 15.6. The minimum atomic E-state index is -1.83. The summed E-state index contributed by atoms with van der Waals surface area (Å²) in [5.74, 6) is 0. The molecule has 194 valence electrons. The maximum Gasteiger partial charge on any atom is 0.187 e. The molecular weight excluding hydrogens is 456 g/mol. The van der Waals surface area contributed by atoms with E-state index in [1.54, 1.807) is 0 Å². The van der Waals surface area contributed by atoms with Gasteiger partial charge >= 0.3 is 0 Å². The fourth-order valence-electron chi connectivity index (χ4n) is 4.03. The van der Waals surface area contributed by atoms with Gasteiger partial charge in [-0.25, -0.2) is 0 Å². The zero-order chi connectivity index (χ0) is 24.4. The van der Waals surface area contributed by atoms with Gasteiger partial charge in [0.25, 0.3) is 0 Å². The van der Waals surface area contributed by atoms with Crippen LogP contribution in [0.4, 0.5) is 0 Å². The molecule has 14 atom stereocenters. The normalized spacial score (nSPS) is 51.5. The highest BCUT2D eigenvalue weighted by atomic mass is 16.7. The molecule has 3 fully saturated rings. The van der Waals surface area contributed by atoms with Gasteiger partial charge in [-0.3, -0.25) is 0 Å². The monoisotopic (exact) mass is 488 g/mol. The molecule has 0 aromatic heterocycles. The van der Waals surface area contributed by atoms with Crippen LogP contribution in [0.5, 0.6) is 0 Å². The predicted molar refractivity (Wildman–Crippen MR) is 99.9 cm³/mol. The molecular formula is C18H32O15. The zero-order valence-electron chi connectivity index (χ0n) is 17.4. The second-order valence-corrected chi connectivity index (χ2v) is 8.22. The highest BCUT2D eigenvalue weighted by molar-refractivity contribution is 4.94. The second kappa shape index (κ2) is 11.4. The Labute approximate surface area is 187 Å². The third-order valence-electron chi connectivity index (χ3n) is 5.98. The largest absolute Gasteiger partial charge is 0.394 e. The molecule has 15 heteroatoms. The molecule has 0 radical (unpaired) electrons. The molecule has 0 amide bonds. The molecule has 0 unspecified atom stereocenters. The number of aliphatic hydroxyl groups is 10. The molecule has 0 aromatic carbocycles. The van der Waals surface area contributed by atoms with Gasteiger partial charge in [-0.05, 0) is 0 Å². The van der Waals surface area contributed by atoms with E-state index in [9.17, 15) is 46.0 Å². The van der Waals surface area contributed by atoms with Gasteiger partial charge in [0.2, 0.25) is 0 Å². The average molecular weight is 488 g/mol. The molecule has 33 heavy (non-hydrogen) atoms. The third-order valence-corrected chi connectivity index (χ3v) is 5.98. The quantitative estimate of drug-likeness (QED) is 0.160. The van der Waals surface area contributed by atoms with Crippen LogP contribution in [0, 0.1) is 0 Å². The summed E-state index contributed by atoms with van der Waals surface area (Å²) in [5, 5.41) is 99.3. The van der Waals surface area contributed by atoms with Crippen molar-refractivity contribution >= 4 is 0 Å². The van der Waals surface area contributed by atoms with Crippen molar-refractivity contribution in [1.29, 1.82) is 0 Å². The number of rotatable bonds is 7. The number of hydrogen-bond acceptors (Lipinski definition) is 15. The van der Waals surface area contributed by atoms with E-state index >= 15 is 0 Å². The molecule has 15 nitrogen and oxygen atoms in total. The summed E-state index contributed by atoms with van der Waals surface area (Å²) in [6, 6.07) is 0. The Bertz CT molecular complexity index is 611. The Morgan fingerprint density at radius 1 is 0.576 bits per heavy atom. The molecule has 0 aromatic rings. The molecule has 10 N–H and O–H groups in total. The third kappa shape index (κ3) is 5.64. The summed E-state index contributed by atoms with van der Waals surface area (Å²) < 4.78 is 26.6. The van der Waals surface area contributed by atoms with Crippen LogP contribution >= 0.6 is 0 Å². The predicted octanol–water partition coefficient (Wildman–Crippen LogP) is -6.54. The molecule has 3 rings (SSSR count). The van der Waals surface area contributed by atoms with Crippen LogP contribution in [0.1, 0.15) is 6.42 Å². The van der Waals surface area contributed by atoms with Crippen molar-refractivity contribution < 1.29 is 74.7 Å². The Balaban J connectivity index is 1.72. The summed E-state index contributed by atoms with van der Waals surface area (Å²) in [7, 11) is 0. The molecule has 3 heterocycles. The first-order valence-electron chi connectivity index (χ1n) is 10.5. The van der Waals surface area contributed by atoms with Crippen molar-refractivity contribution in [3.63, 3.8) is 0 Å². The Kier molecular flexibility index (Phi) is 9.35. The molecule has 0 saturated carbocycles. The maximum absolute atomic E-state index is 10.7. The summed E-state index contributed by atoms with van der Waals surface area (Å²) in [6.07, 6.45) is -21.7.